The summed E-state index contributed by atoms with van der Waals surface area (Å²) in [6.45, 7) is 0.698. The van der Waals surface area contributed by atoms with E-state index in [4.69, 9.17) is 4.74 Å². The summed E-state index contributed by atoms with van der Waals surface area (Å²) in [5, 5.41) is 0. The second-order valence-electron chi connectivity index (χ2n) is 3.80. The predicted molar refractivity (Wildman–Crippen MR) is 53.7 cm³/mol. The lowest BCUT2D eigenvalue weighted by molar-refractivity contribution is 0.136. The molecule has 0 amide bonds. The van der Waals surface area contributed by atoms with E-state index >= 15 is 0 Å². The SMILES string of the molecule is Fc1ccc([CH]C2CCCO2)cc1C(F)F. The molecule has 2 rings (SSSR count). The lowest BCUT2D eigenvalue weighted by Gasteiger charge is -2.10. The maximum Gasteiger partial charge on any atom is 0.266 e. The van der Waals surface area contributed by atoms with E-state index in [1.165, 1.54) is 12.1 Å². The summed E-state index contributed by atoms with van der Waals surface area (Å²) in [4.78, 5) is 0. The number of ether oxygens (including phenoxy) is 1. The Morgan fingerprint density at radius 2 is 2.19 bits per heavy atom. The Morgan fingerprint density at radius 1 is 1.38 bits per heavy atom. The van der Waals surface area contributed by atoms with Gasteiger partial charge in [-0.05, 0) is 30.5 Å². The third-order valence-electron chi connectivity index (χ3n) is 2.60. The van der Waals surface area contributed by atoms with Gasteiger partial charge in [0.05, 0.1) is 11.7 Å². The smallest absolute Gasteiger partial charge is 0.266 e. The molecule has 1 aromatic carbocycles. The maximum atomic E-state index is 13.0. The lowest BCUT2D eigenvalue weighted by Crippen LogP contribution is -2.06. The molecule has 1 aliphatic heterocycles. The van der Waals surface area contributed by atoms with Crippen molar-refractivity contribution in [2.45, 2.75) is 25.4 Å². The Kier molecular flexibility index (Phi) is 3.49. The van der Waals surface area contributed by atoms with Crippen LogP contribution in [0.4, 0.5) is 13.2 Å². The van der Waals surface area contributed by atoms with Crippen LogP contribution >= 0.6 is 0 Å². The Balaban J connectivity index is 2.12. The molecule has 87 valence electrons. The molecule has 0 aliphatic carbocycles. The van der Waals surface area contributed by atoms with Gasteiger partial charge in [-0.15, -0.1) is 0 Å². The minimum absolute atomic E-state index is 0.0315. The quantitative estimate of drug-likeness (QED) is 0.770. The maximum absolute atomic E-state index is 13.0. The standard InChI is InChI=1S/C12H12F3O/c13-11-4-3-8(7-10(11)12(14)15)6-9-2-1-5-16-9/h3-4,6-7,9,12H,1-2,5H2. The van der Waals surface area contributed by atoms with E-state index < -0.39 is 17.8 Å². The minimum atomic E-state index is -2.78. The first-order chi connectivity index (χ1) is 7.66. The molecule has 1 fully saturated rings. The summed E-state index contributed by atoms with van der Waals surface area (Å²) in [5.41, 5.74) is 0.0374. The predicted octanol–water partition coefficient (Wildman–Crippen LogP) is 3.49. The molecule has 1 aromatic rings. The molecule has 0 spiro atoms. The van der Waals surface area contributed by atoms with Gasteiger partial charge in [-0.2, -0.15) is 0 Å². The molecule has 1 atom stereocenters. The average molecular weight is 229 g/mol. The van der Waals surface area contributed by atoms with Gasteiger partial charge in [0.2, 0.25) is 0 Å². The van der Waals surface area contributed by atoms with Gasteiger partial charge in [-0.25, -0.2) is 13.2 Å². The summed E-state index contributed by atoms with van der Waals surface area (Å²) >= 11 is 0. The van der Waals surface area contributed by atoms with Crippen molar-refractivity contribution >= 4 is 0 Å². The fourth-order valence-corrected chi connectivity index (χ4v) is 1.78. The first-order valence-corrected chi connectivity index (χ1v) is 5.21. The van der Waals surface area contributed by atoms with Crippen molar-refractivity contribution in [3.05, 3.63) is 41.6 Å². The molecule has 1 radical (unpaired) electrons. The summed E-state index contributed by atoms with van der Waals surface area (Å²) in [7, 11) is 0. The molecular weight excluding hydrogens is 217 g/mol. The van der Waals surface area contributed by atoms with E-state index in [0.29, 0.717) is 12.2 Å². The van der Waals surface area contributed by atoms with Crippen molar-refractivity contribution in [2.75, 3.05) is 6.61 Å². The highest BCUT2D eigenvalue weighted by atomic mass is 19.3. The molecular formula is C12H12F3O. The van der Waals surface area contributed by atoms with E-state index in [2.05, 4.69) is 0 Å². The highest BCUT2D eigenvalue weighted by Gasteiger charge is 2.19. The average Bonchev–Trinajstić information content (AvgIpc) is 2.73. The van der Waals surface area contributed by atoms with Gasteiger partial charge >= 0.3 is 0 Å². The third kappa shape index (κ3) is 2.55. The van der Waals surface area contributed by atoms with E-state index in [1.54, 1.807) is 6.42 Å². The van der Waals surface area contributed by atoms with E-state index in [0.717, 1.165) is 18.9 Å². The number of benzene rings is 1. The number of hydrogen-bond acceptors (Lipinski definition) is 1. The van der Waals surface area contributed by atoms with E-state index in [1.807, 2.05) is 0 Å². The molecule has 4 heteroatoms. The Hall–Kier alpha value is -1.03. The van der Waals surface area contributed by atoms with Crippen LogP contribution in [0, 0.1) is 12.2 Å². The molecule has 0 N–H and O–H groups in total. The topological polar surface area (TPSA) is 9.23 Å². The van der Waals surface area contributed by atoms with Crippen LogP contribution in [-0.2, 0) is 4.74 Å². The zero-order valence-corrected chi connectivity index (χ0v) is 8.63. The van der Waals surface area contributed by atoms with Crippen LogP contribution in [0.1, 0.15) is 30.4 Å². The van der Waals surface area contributed by atoms with Gasteiger partial charge in [0, 0.05) is 13.0 Å². The Morgan fingerprint density at radius 3 is 2.81 bits per heavy atom. The molecule has 0 aromatic heterocycles. The number of halogens is 3. The van der Waals surface area contributed by atoms with Crippen molar-refractivity contribution < 1.29 is 17.9 Å². The largest absolute Gasteiger partial charge is 0.378 e. The van der Waals surface area contributed by atoms with Gasteiger partial charge in [0.25, 0.3) is 6.43 Å². The number of rotatable bonds is 3. The monoisotopic (exact) mass is 229 g/mol. The Bertz CT molecular complexity index is 359. The van der Waals surface area contributed by atoms with Crippen molar-refractivity contribution in [1.82, 2.24) is 0 Å². The fraction of sp³-hybridized carbons (Fsp3) is 0.417. The normalized spacial score (nSPS) is 20.6. The van der Waals surface area contributed by atoms with Crippen LogP contribution < -0.4 is 0 Å². The molecule has 1 heterocycles. The minimum Gasteiger partial charge on any atom is -0.378 e. The highest BCUT2D eigenvalue weighted by molar-refractivity contribution is 5.31. The first-order valence-electron chi connectivity index (χ1n) is 5.21. The molecule has 1 saturated heterocycles. The fourth-order valence-electron chi connectivity index (χ4n) is 1.78. The second-order valence-corrected chi connectivity index (χ2v) is 3.80. The zero-order chi connectivity index (χ0) is 11.5. The number of hydrogen-bond donors (Lipinski definition) is 0. The van der Waals surface area contributed by atoms with Crippen molar-refractivity contribution in [3.8, 4) is 0 Å². The molecule has 16 heavy (non-hydrogen) atoms. The van der Waals surface area contributed by atoms with Crippen LogP contribution in [0.3, 0.4) is 0 Å². The van der Waals surface area contributed by atoms with Gasteiger partial charge in [0.1, 0.15) is 5.82 Å². The van der Waals surface area contributed by atoms with Crippen molar-refractivity contribution in [3.63, 3.8) is 0 Å². The van der Waals surface area contributed by atoms with Gasteiger partial charge in [-0.3, -0.25) is 0 Å². The summed E-state index contributed by atoms with van der Waals surface area (Å²) in [6.07, 6.45) is 0.817. The van der Waals surface area contributed by atoms with Gasteiger partial charge in [-0.1, -0.05) is 6.07 Å². The van der Waals surface area contributed by atoms with Crippen molar-refractivity contribution in [1.29, 1.82) is 0 Å². The molecule has 0 saturated carbocycles. The summed E-state index contributed by atoms with van der Waals surface area (Å²) in [5.74, 6) is -0.862. The zero-order valence-electron chi connectivity index (χ0n) is 8.63. The van der Waals surface area contributed by atoms with Crippen LogP contribution in [0.15, 0.2) is 18.2 Å². The van der Waals surface area contributed by atoms with Gasteiger partial charge in [0.15, 0.2) is 0 Å². The van der Waals surface area contributed by atoms with Crippen LogP contribution in [0.25, 0.3) is 0 Å². The molecule has 0 bridgehead atoms. The van der Waals surface area contributed by atoms with Crippen LogP contribution in [-0.4, -0.2) is 12.7 Å². The third-order valence-corrected chi connectivity index (χ3v) is 2.60. The van der Waals surface area contributed by atoms with Crippen LogP contribution in [0.2, 0.25) is 0 Å². The Labute approximate surface area is 92.2 Å². The first kappa shape index (κ1) is 11.5. The lowest BCUT2D eigenvalue weighted by atomic mass is 10.0. The molecule has 1 unspecified atom stereocenters. The second kappa shape index (κ2) is 4.87. The van der Waals surface area contributed by atoms with Crippen molar-refractivity contribution in [2.24, 2.45) is 0 Å². The van der Waals surface area contributed by atoms with Gasteiger partial charge < -0.3 is 4.74 Å². The number of alkyl halides is 2. The highest BCUT2D eigenvalue weighted by Crippen LogP contribution is 2.25. The van der Waals surface area contributed by atoms with Crippen LogP contribution in [0.5, 0.6) is 0 Å². The van der Waals surface area contributed by atoms with E-state index in [9.17, 15) is 13.2 Å². The molecule has 1 aliphatic rings. The summed E-state index contributed by atoms with van der Waals surface area (Å²) < 4.78 is 43.2. The molecule has 1 nitrogen and oxygen atoms in total. The van der Waals surface area contributed by atoms with E-state index in [-0.39, 0.29) is 6.10 Å². The summed E-state index contributed by atoms with van der Waals surface area (Å²) in [6, 6.07) is 3.74.